The minimum Gasteiger partial charge on any atom is -0.354 e. The van der Waals surface area contributed by atoms with Crippen LogP contribution in [0.2, 0.25) is 0 Å². The second-order valence-electron chi connectivity index (χ2n) is 6.10. The molecule has 1 N–H and O–H groups in total. The van der Waals surface area contributed by atoms with E-state index in [-0.39, 0.29) is 18.4 Å². The molecule has 27 heavy (non-hydrogen) atoms. The molecule has 7 heteroatoms. The lowest BCUT2D eigenvalue weighted by atomic mass is 9.96. The molecule has 1 saturated heterocycles. The van der Waals surface area contributed by atoms with Gasteiger partial charge >= 0.3 is 0 Å². The summed E-state index contributed by atoms with van der Waals surface area (Å²) < 4.78 is 0. The van der Waals surface area contributed by atoms with Crippen molar-refractivity contribution in [3.05, 3.63) is 63.2 Å². The molecule has 1 atom stereocenters. The van der Waals surface area contributed by atoms with E-state index in [4.69, 9.17) is 0 Å². The average molecular weight is 401 g/mol. The number of carbonyl (C=O) groups excluding carboxylic acids is 3. The maximum atomic E-state index is 12.4. The summed E-state index contributed by atoms with van der Waals surface area (Å²) in [7, 11) is 0. The zero-order chi connectivity index (χ0) is 19.2. The van der Waals surface area contributed by atoms with E-state index < -0.39 is 11.1 Å². The van der Waals surface area contributed by atoms with Crippen LogP contribution < -0.4 is 5.32 Å². The van der Waals surface area contributed by atoms with Gasteiger partial charge in [-0.2, -0.15) is 0 Å². The maximum Gasteiger partial charge on any atom is 0.294 e. The number of nitrogens with one attached hydrogen (secondary N) is 1. The van der Waals surface area contributed by atoms with Crippen LogP contribution in [0.3, 0.4) is 0 Å². The van der Waals surface area contributed by atoms with Crippen LogP contribution in [0.4, 0.5) is 4.79 Å². The Morgan fingerprint density at radius 1 is 1.19 bits per heavy atom. The molecule has 5 nitrogen and oxygen atoms in total. The van der Waals surface area contributed by atoms with Crippen molar-refractivity contribution in [2.45, 2.75) is 19.3 Å². The van der Waals surface area contributed by atoms with Crippen LogP contribution in [-0.4, -0.2) is 35.0 Å². The van der Waals surface area contributed by atoms with Crippen molar-refractivity contribution in [3.8, 4) is 0 Å². The van der Waals surface area contributed by atoms with Crippen molar-refractivity contribution in [3.63, 3.8) is 0 Å². The van der Waals surface area contributed by atoms with Crippen LogP contribution in [0.5, 0.6) is 0 Å². The molecule has 3 amide bonds. The first kappa shape index (κ1) is 19.4. The molecule has 1 aliphatic rings. The van der Waals surface area contributed by atoms with Gasteiger partial charge < -0.3 is 5.32 Å². The van der Waals surface area contributed by atoms with E-state index in [1.54, 1.807) is 6.08 Å². The molecule has 2 heterocycles. The van der Waals surface area contributed by atoms with E-state index in [0.29, 0.717) is 11.4 Å². The van der Waals surface area contributed by atoms with Crippen molar-refractivity contribution in [1.29, 1.82) is 0 Å². The van der Waals surface area contributed by atoms with E-state index in [2.05, 4.69) is 12.2 Å². The Bertz CT molecular complexity index is 847. The number of imide groups is 1. The Morgan fingerprint density at radius 3 is 2.63 bits per heavy atom. The zero-order valence-corrected chi connectivity index (χ0v) is 16.5. The van der Waals surface area contributed by atoms with E-state index in [0.717, 1.165) is 33.5 Å². The first-order valence-corrected chi connectivity index (χ1v) is 10.4. The molecule has 3 rings (SSSR count). The summed E-state index contributed by atoms with van der Waals surface area (Å²) in [4.78, 5) is 39.1. The first-order chi connectivity index (χ1) is 13.1. The maximum absolute atomic E-state index is 12.4. The highest BCUT2D eigenvalue weighted by atomic mass is 32.2. The first-order valence-electron chi connectivity index (χ1n) is 8.69. The van der Waals surface area contributed by atoms with Gasteiger partial charge in [-0.1, -0.05) is 43.3 Å². The van der Waals surface area contributed by atoms with E-state index in [1.807, 2.05) is 47.8 Å². The topological polar surface area (TPSA) is 66.5 Å². The normalized spacial score (nSPS) is 16.8. The van der Waals surface area contributed by atoms with Crippen LogP contribution in [-0.2, 0) is 9.59 Å². The summed E-state index contributed by atoms with van der Waals surface area (Å²) in [5.41, 5.74) is 1.16. The summed E-state index contributed by atoms with van der Waals surface area (Å²) in [6, 6.07) is 13.7. The molecule has 1 aromatic carbocycles. The molecule has 1 aromatic heterocycles. The predicted molar refractivity (Wildman–Crippen MR) is 109 cm³/mol. The minimum absolute atomic E-state index is 0.198. The minimum atomic E-state index is -0.413. The summed E-state index contributed by atoms with van der Waals surface area (Å²) >= 11 is 2.36. The SMILES string of the molecule is CCC(CNC(=O)CN1C(=O)S/C(=C/c2cccs2)C1=O)c1ccccc1. The molecular weight excluding hydrogens is 380 g/mol. The van der Waals surface area contributed by atoms with E-state index in [1.165, 1.54) is 11.3 Å². The predicted octanol–water partition coefficient (Wildman–Crippen LogP) is 4.09. The molecular formula is C20H20N2O3S2. The van der Waals surface area contributed by atoms with Gasteiger partial charge in [0.05, 0.1) is 4.91 Å². The quantitative estimate of drug-likeness (QED) is 0.711. The van der Waals surface area contributed by atoms with Gasteiger partial charge in [0.1, 0.15) is 6.54 Å². The number of benzene rings is 1. The molecule has 2 aromatic rings. The summed E-state index contributed by atoms with van der Waals surface area (Å²) in [5.74, 6) is -0.545. The lowest BCUT2D eigenvalue weighted by Crippen LogP contribution is -2.40. The molecule has 0 aliphatic carbocycles. The van der Waals surface area contributed by atoms with Crippen molar-refractivity contribution < 1.29 is 14.4 Å². The molecule has 1 aliphatic heterocycles. The Labute approximate surface area is 166 Å². The second kappa shape index (κ2) is 9.01. The smallest absolute Gasteiger partial charge is 0.294 e. The van der Waals surface area contributed by atoms with Crippen molar-refractivity contribution >= 4 is 46.2 Å². The highest BCUT2D eigenvalue weighted by Crippen LogP contribution is 2.32. The summed E-state index contributed by atoms with van der Waals surface area (Å²) in [6.07, 6.45) is 2.57. The fourth-order valence-corrected chi connectivity index (χ4v) is 4.36. The fraction of sp³-hybridized carbons (Fsp3) is 0.250. The van der Waals surface area contributed by atoms with Crippen LogP contribution in [0.1, 0.15) is 29.7 Å². The zero-order valence-electron chi connectivity index (χ0n) is 14.9. The van der Waals surface area contributed by atoms with Gasteiger partial charge in [-0.15, -0.1) is 11.3 Å². The highest BCUT2D eigenvalue weighted by molar-refractivity contribution is 8.18. The monoisotopic (exact) mass is 400 g/mol. The number of thiophene rings is 1. The fourth-order valence-electron chi connectivity index (χ4n) is 2.80. The molecule has 0 radical (unpaired) electrons. The number of amides is 3. The molecule has 140 valence electrons. The van der Waals surface area contributed by atoms with Gasteiger partial charge in [-0.3, -0.25) is 19.3 Å². The number of hydrogen-bond acceptors (Lipinski definition) is 5. The Morgan fingerprint density at radius 2 is 1.96 bits per heavy atom. The number of rotatable bonds is 7. The Hall–Kier alpha value is -2.38. The Balaban J connectivity index is 1.57. The summed E-state index contributed by atoms with van der Waals surface area (Å²) in [5, 5.41) is 4.34. The van der Waals surface area contributed by atoms with Gasteiger partial charge in [0.2, 0.25) is 5.91 Å². The molecule has 0 spiro atoms. The lowest BCUT2D eigenvalue weighted by molar-refractivity contribution is -0.129. The molecule has 1 fully saturated rings. The summed E-state index contributed by atoms with van der Waals surface area (Å²) in [6.45, 7) is 2.29. The number of hydrogen-bond donors (Lipinski definition) is 1. The van der Waals surface area contributed by atoms with Crippen molar-refractivity contribution in [2.75, 3.05) is 13.1 Å². The van der Waals surface area contributed by atoms with Crippen LogP contribution in [0.25, 0.3) is 6.08 Å². The van der Waals surface area contributed by atoms with Crippen molar-refractivity contribution in [2.24, 2.45) is 0 Å². The molecule has 1 unspecified atom stereocenters. The molecule has 0 bridgehead atoms. The highest BCUT2D eigenvalue weighted by Gasteiger charge is 2.36. The number of thioether (sulfide) groups is 1. The third-order valence-corrected chi connectivity index (χ3v) is 6.03. The average Bonchev–Trinajstić information content (AvgIpc) is 3.27. The van der Waals surface area contributed by atoms with Gasteiger partial charge in [0.25, 0.3) is 11.1 Å². The van der Waals surface area contributed by atoms with Crippen LogP contribution in [0.15, 0.2) is 52.7 Å². The third-order valence-electron chi connectivity index (χ3n) is 4.30. The third kappa shape index (κ3) is 4.87. The van der Waals surface area contributed by atoms with Gasteiger partial charge in [-0.05, 0) is 41.3 Å². The standard InChI is InChI=1S/C20H20N2O3S2/c1-2-14(15-7-4-3-5-8-15)12-21-18(23)13-22-19(24)17(27-20(22)25)11-16-9-6-10-26-16/h3-11,14H,2,12-13H2,1H3,(H,21,23)/b17-11+. The van der Waals surface area contributed by atoms with E-state index >= 15 is 0 Å². The Kier molecular flexibility index (Phi) is 6.47. The second-order valence-corrected chi connectivity index (χ2v) is 8.08. The number of nitrogens with zero attached hydrogens (tertiary/aromatic N) is 1. The van der Waals surface area contributed by atoms with Crippen LogP contribution in [0, 0.1) is 0 Å². The largest absolute Gasteiger partial charge is 0.354 e. The lowest BCUT2D eigenvalue weighted by Gasteiger charge is -2.17. The van der Waals surface area contributed by atoms with Crippen molar-refractivity contribution in [1.82, 2.24) is 10.2 Å². The van der Waals surface area contributed by atoms with Gasteiger partial charge in [-0.25, -0.2) is 0 Å². The van der Waals surface area contributed by atoms with Gasteiger partial charge in [0, 0.05) is 17.3 Å². The number of carbonyl (C=O) groups is 3. The van der Waals surface area contributed by atoms with Crippen LogP contribution >= 0.6 is 23.1 Å². The molecule has 0 saturated carbocycles. The van der Waals surface area contributed by atoms with E-state index in [9.17, 15) is 14.4 Å². The van der Waals surface area contributed by atoms with Gasteiger partial charge in [0.15, 0.2) is 0 Å².